The van der Waals surface area contributed by atoms with Gasteiger partial charge in [-0.2, -0.15) is 5.10 Å². The van der Waals surface area contributed by atoms with Gasteiger partial charge in [-0.3, -0.25) is 14.3 Å². The van der Waals surface area contributed by atoms with Crippen LogP contribution in [0.25, 0.3) is 0 Å². The molecule has 132 valence electrons. The summed E-state index contributed by atoms with van der Waals surface area (Å²) >= 11 is 0. The van der Waals surface area contributed by atoms with Gasteiger partial charge in [0.15, 0.2) is 0 Å². The highest BCUT2D eigenvalue weighted by Gasteiger charge is 2.35. The van der Waals surface area contributed by atoms with Crippen molar-refractivity contribution in [3.05, 3.63) is 48.3 Å². The number of hydrogen-bond donors (Lipinski definition) is 2. The van der Waals surface area contributed by atoms with Crippen LogP contribution in [0.5, 0.6) is 5.75 Å². The van der Waals surface area contributed by atoms with Gasteiger partial charge >= 0.3 is 5.97 Å². The number of aliphatic hydroxyl groups is 1. The van der Waals surface area contributed by atoms with Gasteiger partial charge in [-0.25, -0.2) is 0 Å². The van der Waals surface area contributed by atoms with Gasteiger partial charge in [0.1, 0.15) is 24.5 Å². The number of aliphatic hydroxyl groups excluding tert-OH is 1. The van der Waals surface area contributed by atoms with E-state index < -0.39 is 18.2 Å². The summed E-state index contributed by atoms with van der Waals surface area (Å²) in [6, 6.07) is 8.42. The summed E-state index contributed by atoms with van der Waals surface area (Å²) < 4.78 is 7.28. The maximum Gasteiger partial charge on any atom is 0.307 e. The van der Waals surface area contributed by atoms with Gasteiger partial charge in [-0.15, -0.1) is 0 Å². The lowest BCUT2D eigenvalue weighted by molar-refractivity contribution is -0.136. The first-order chi connectivity index (χ1) is 12.0. The molecule has 1 aromatic heterocycles. The zero-order chi connectivity index (χ0) is 17.8. The van der Waals surface area contributed by atoms with E-state index >= 15 is 0 Å². The highest BCUT2D eigenvalue weighted by atomic mass is 16.5. The van der Waals surface area contributed by atoms with Gasteiger partial charge in [0, 0.05) is 12.4 Å². The Hall–Kier alpha value is -2.87. The molecule has 0 unspecified atom stereocenters. The third-order valence-corrected chi connectivity index (χ3v) is 4.01. The zero-order valence-corrected chi connectivity index (χ0v) is 13.5. The number of ether oxygens (including phenoxy) is 1. The molecule has 2 heterocycles. The number of carboxylic acids is 1. The van der Waals surface area contributed by atoms with Crippen molar-refractivity contribution in [2.45, 2.75) is 25.2 Å². The number of aliphatic carboxylic acids is 1. The number of nitrogens with zero attached hydrogens (tertiary/aromatic N) is 3. The molecule has 1 saturated heterocycles. The number of carboxylic acid groups (broad SMARTS) is 1. The number of β-amino-alcohol motifs (C(OH)–C–C–N with tert-alkyl or cyclic N) is 1. The van der Waals surface area contributed by atoms with E-state index in [9.17, 15) is 14.7 Å². The third kappa shape index (κ3) is 4.36. The molecule has 0 spiro atoms. The summed E-state index contributed by atoms with van der Waals surface area (Å²) in [7, 11) is 0. The normalized spacial score (nSPS) is 19.8. The molecule has 2 aromatic rings. The van der Waals surface area contributed by atoms with Crippen LogP contribution in [0.1, 0.15) is 5.56 Å². The van der Waals surface area contributed by atoms with Gasteiger partial charge < -0.3 is 19.8 Å². The standard InChI is InChI=1S/C17H19N3O5/c21-14-9-19(16(22)11-20-7-1-6-18-20)10-15(14)25-13-4-2-12(3-5-13)8-17(23)24/h1-7,14-15,21H,8-11H2,(H,23,24)/t14-,15-/m1/s1. The summed E-state index contributed by atoms with van der Waals surface area (Å²) in [6.45, 7) is 0.621. The fraction of sp³-hybridized carbons (Fsp3) is 0.353. The average molecular weight is 345 g/mol. The fourth-order valence-electron chi connectivity index (χ4n) is 2.74. The van der Waals surface area contributed by atoms with Crippen molar-refractivity contribution >= 4 is 11.9 Å². The summed E-state index contributed by atoms with van der Waals surface area (Å²) in [5.41, 5.74) is 0.669. The van der Waals surface area contributed by atoms with Crippen LogP contribution in [-0.2, 0) is 22.6 Å². The lowest BCUT2D eigenvalue weighted by Crippen LogP contribution is -2.33. The molecule has 0 radical (unpaired) electrons. The Labute approximate surface area is 144 Å². The maximum absolute atomic E-state index is 12.2. The number of amides is 1. The van der Waals surface area contributed by atoms with Crippen molar-refractivity contribution in [2.75, 3.05) is 13.1 Å². The molecule has 1 aromatic carbocycles. The number of aromatic nitrogens is 2. The Kier molecular flexibility index (Phi) is 4.99. The predicted molar refractivity (Wildman–Crippen MR) is 87.0 cm³/mol. The topological polar surface area (TPSA) is 105 Å². The fourth-order valence-corrected chi connectivity index (χ4v) is 2.74. The molecule has 2 N–H and O–H groups in total. The Balaban J connectivity index is 1.56. The summed E-state index contributed by atoms with van der Waals surface area (Å²) in [5, 5.41) is 22.9. The van der Waals surface area contributed by atoms with Gasteiger partial charge in [0.25, 0.3) is 0 Å². The molecule has 8 heteroatoms. The second-order valence-electron chi connectivity index (χ2n) is 5.94. The number of rotatable bonds is 6. The van der Waals surface area contributed by atoms with Crippen LogP contribution in [-0.4, -0.2) is 62.1 Å². The van der Waals surface area contributed by atoms with Gasteiger partial charge in [0.2, 0.25) is 5.91 Å². The largest absolute Gasteiger partial charge is 0.486 e. The molecule has 2 atom stereocenters. The molecule has 1 aliphatic heterocycles. The first kappa shape index (κ1) is 17.0. The summed E-state index contributed by atoms with van der Waals surface area (Å²) in [5.74, 6) is -0.503. The maximum atomic E-state index is 12.2. The summed E-state index contributed by atoms with van der Waals surface area (Å²) in [4.78, 5) is 24.5. The molecule has 1 amide bonds. The highest BCUT2D eigenvalue weighted by Crippen LogP contribution is 2.20. The third-order valence-electron chi connectivity index (χ3n) is 4.01. The first-order valence-electron chi connectivity index (χ1n) is 7.92. The average Bonchev–Trinajstić information content (AvgIpc) is 3.19. The van der Waals surface area contributed by atoms with Crippen molar-refractivity contribution < 1.29 is 24.5 Å². The van der Waals surface area contributed by atoms with Gasteiger partial charge in [0.05, 0.1) is 19.5 Å². The molecule has 0 bridgehead atoms. The van der Waals surface area contributed by atoms with Crippen LogP contribution < -0.4 is 4.74 Å². The Morgan fingerprint density at radius 1 is 1.24 bits per heavy atom. The van der Waals surface area contributed by atoms with E-state index in [1.54, 1.807) is 47.6 Å². The summed E-state index contributed by atoms with van der Waals surface area (Å²) in [6.07, 6.45) is 1.96. The van der Waals surface area contributed by atoms with Crippen molar-refractivity contribution in [2.24, 2.45) is 0 Å². The number of carbonyl (C=O) groups excluding carboxylic acids is 1. The van der Waals surface area contributed by atoms with Gasteiger partial charge in [-0.05, 0) is 23.8 Å². The highest BCUT2D eigenvalue weighted by molar-refractivity contribution is 5.76. The van der Waals surface area contributed by atoms with Crippen molar-refractivity contribution in [3.63, 3.8) is 0 Å². The van der Waals surface area contributed by atoms with E-state index in [-0.39, 0.29) is 32.0 Å². The molecular formula is C17H19N3O5. The molecule has 0 aliphatic carbocycles. The van der Waals surface area contributed by atoms with E-state index in [4.69, 9.17) is 9.84 Å². The van der Waals surface area contributed by atoms with Crippen molar-refractivity contribution in [1.82, 2.24) is 14.7 Å². The lowest BCUT2D eigenvalue weighted by Gasteiger charge is -2.17. The monoisotopic (exact) mass is 345 g/mol. The molecular weight excluding hydrogens is 326 g/mol. The Bertz CT molecular complexity index is 729. The van der Waals surface area contributed by atoms with Crippen molar-refractivity contribution in [3.8, 4) is 5.75 Å². The van der Waals surface area contributed by atoms with Crippen molar-refractivity contribution in [1.29, 1.82) is 0 Å². The predicted octanol–water partition coefficient (Wildman–Crippen LogP) is 0.161. The quantitative estimate of drug-likeness (QED) is 0.773. The molecule has 8 nitrogen and oxygen atoms in total. The number of likely N-dealkylation sites (tertiary alicyclic amines) is 1. The lowest BCUT2D eigenvalue weighted by atomic mass is 10.1. The van der Waals surface area contributed by atoms with E-state index in [0.717, 1.165) is 0 Å². The van der Waals surface area contributed by atoms with Crippen LogP contribution in [0, 0.1) is 0 Å². The van der Waals surface area contributed by atoms with Crippen LogP contribution in [0.2, 0.25) is 0 Å². The SMILES string of the molecule is O=C(O)Cc1ccc(O[C@@H]2CN(C(=O)Cn3cccn3)C[C@H]2O)cc1. The van der Waals surface area contributed by atoms with Crippen LogP contribution in [0.15, 0.2) is 42.7 Å². The minimum Gasteiger partial charge on any atom is -0.486 e. The first-order valence-corrected chi connectivity index (χ1v) is 7.92. The number of carbonyl (C=O) groups is 2. The molecule has 1 aliphatic rings. The van der Waals surface area contributed by atoms with Gasteiger partial charge in [-0.1, -0.05) is 12.1 Å². The molecule has 25 heavy (non-hydrogen) atoms. The van der Waals surface area contributed by atoms with Crippen LogP contribution >= 0.6 is 0 Å². The second kappa shape index (κ2) is 7.35. The van der Waals surface area contributed by atoms with E-state index in [0.29, 0.717) is 11.3 Å². The number of hydrogen-bond acceptors (Lipinski definition) is 5. The van der Waals surface area contributed by atoms with E-state index in [2.05, 4.69) is 5.10 Å². The van der Waals surface area contributed by atoms with Crippen LogP contribution in [0.4, 0.5) is 0 Å². The molecule has 0 saturated carbocycles. The minimum atomic E-state index is -0.897. The van der Waals surface area contributed by atoms with Crippen LogP contribution in [0.3, 0.4) is 0 Å². The minimum absolute atomic E-state index is 0.0535. The Morgan fingerprint density at radius 2 is 2.00 bits per heavy atom. The molecule has 1 fully saturated rings. The van der Waals surface area contributed by atoms with E-state index in [1.807, 2.05) is 0 Å². The Morgan fingerprint density at radius 3 is 2.64 bits per heavy atom. The van der Waals surface area contributed by atoms with E-state index in [1.165, 1.54) is 4.68 Å². The molecule has 3 rings (SSSR count). The zero-order valence-electron chi connectivity index (χ0n) is 13.5. The number of benzene rings is 1. The smallest absolute Gasteiger partial charge is 0.307 e. The second-order valence-corrected chi connectivity index (χ2v) is 5.94.